The maximum Gasteiger partial charge on any atom is 0.410 e. The van der Waals surface area contributed by atoms with Gasteiger partial charge in [-0.25, -0.2) is 4.79 Å². The van der Waals surface area contributed by atoms with Crippen molar-refractivity contribution in [3.8, 4) is 0 Å². The van der Waals surface area contributed by atoms with Crippen molar-refractivity contribution < 1.29 is 14.3 Å². The number of carbonyl (C=O) groups excluding carboxylic acids is 1. The third-order valence-electron chi connectivity index (χ3n) is 3.85. The summed E-state index contributed by atoms with van der Waals surface area (Å²) in [5, 5.41) is 3.65. The van der Waals surface area contributed by atoms with E-state index in [2.05, 4.69) is 10.0 Å². The molecule has 7 heteroatoms. The lowest BCUT2D eigenvalue weighted by Crippen LogP contribution is -2.55. The number of nitrogens with zero attached hydrogens (tertiary/aromatic N) is 4. The first kappa shape index (κ1) is 17.1. The summed E-state index contributed by atoms with van der Waals surface area (Å²) in [5.74, 6) is 0. The summed E-state index contributed by atoms with van der Waals surface area (Å²) < 4.78 is 10.7. The average molecular weight is 318 g/mol. The molecule has 1 aliphatic rings. The number of amides is 1. The molecule has 0 radical (unpaired) electrons. The van der Waals surface area contributed by atoms with Gasteiger partial charge in [0.05, 0.1) is 13.2 Å². The van der Waals surface area contributed by atoms with Gasteiger partial charge in [0.2, 0.25) is 0 Å². The Morgan fingerprint density at radius 2 is 2.13 bits per heavy atom. The fraction of sp³-hybridized carbons (Fsp3) is 0.562. The van der Waals surface area contributed by atoms with Crippen LogP contribution >= 0.6 is 0 Å². The van der Waals surface area contributed by atoms with Crippen molar-refractivity contribution in [2.24, 2.45) is 10.5 Å². The lowest BCUT2D eigenvalue weighted by Gasteiger charge is -2.44. The Labute approximate surface area is 135 Å². The molecule has 0 aromatic heterocycles. The molecule has 1 heterocycles. The van der Waals surface area contributed by atoms with E-state index in [0.717, 1.165) is 5.56 Å². The van der Waals surface area contributed by atoms with Crippen molar-refractivity contribution in [1.82, 2.24) is 4.90 Å². The maximum absolute atomic E-state index is 12.4. The highest BCUT2D eigenvalue weighted by Crippen LogP contribution is 2.30. The van der Waals surface area contributed by atoms with E-state index in [4.69, 9.17) is 15.0 Å². The van der Waals surface area contributed by atoms with Gasteiger partial charge in [-0.15, -0.1) is 0 Å². The average Bonchev–Trinajstić information content (AvgIpc) is 2.52. The standard InChI is InChI=1S/C16H22N4O3/c1-13(2)20(10-16(9-18-19-17)11-22-12-16)15(21)23-8-14-6-4-3-5-7-14/h3-7,13H,8-12H2,1-2H3. The Balaban J connectivity index is 1.97. The molecule has 0 saturated carbocycles. The molecule has 0 atom stereocenters. The van der Waals surface area contributed by atoms with Crippen LogP contribution in [0.4, 0.5) is 4.79 Å². The van der Waals surface area contributed by atoms with E-state index < -0.39 is 0 Å². The summed E-state index contributed by atoms with van der Waals surface area (Å²) in [6, 6.07) is 9.54. The second kappa shape index (κ2) is 7.85. The number of hydrogen-bond acceptors (Lipinski definition) is 4. The minimum Gasteiger partial charge on any atom is -0.445 e. The van der Waals surface area contributed by atoms with Crippen LogP contribution in [0.1, 0.15) is 19.4 Å². The zero-order valence-corrected chi connectivity index (χ0v) is 13.5. The zero-order valence-electron chi connectivity index (χ0n) is 13.5. The van der Waals surface area contributed by atoms with Gasteiger partial charge in [0, 0.05) is 29.5 Å². The van der Waals surface area contributed by atoms with Crippen LogP contribution in [0.25, 0.3) is 10.4 Å². The number of benzene rings is 1. The van der Waals surface area contributed by atoms with E-state index >= 15 is 0 Å². The molecule has 7 nitrogen and oxygen atoms in total. The fourth-order valence-corrected chi connectivity index (χ4v) is 2.43. The number of rotatable bonds is 7. The van der Waals surface area contributed by atoms with Crippen molar-refractivity contribution >= 4 is 6.09 Å². The Morgan fingerprint density at radius 1 is 1.43 bits per heavy atom. The summed E-state index contributed by atoms with van der Waals surface area (Å²) in [4.78, 5) is 16.9. The van der Waals surface area contributed by atoms with Crippen LogP contribution in [0.3, 0.4) is 0 Å². The molecule has 124 valence electrons. The second-order valence-corrected chi connectivity index (χ2v) is 6.14. The van der Waals surface area contributed by atoms with Gasteiger partial charge in [0.25, 0.3) is 0 Å². The third-order valence-corrected chi connectivity index (χ3v) is 3.85. The SMILES string of the molecule is CC(C)N(CC1(CN=[N+]=[N-])COC1)C(=O)OCc1ccccc1. The molecule has 0 unspecified atom stereocenters. The maximum atomic E-state index is 12.4. The molecule has 1 amide bonds. The van der Waals surface area contributed by atoms with Gasteiger partial charge in [-0.1, -0.05) is 35.4 Å². The molecule has 0 bridgehead atoms. The quantitative estimate of drug-likeness (QED) is 0.439. The highest BCUT2D eigenvalue weighted by atomic mass is 16.6. The molecule has 1 aromatic rings. The van der Waals surface area contributed by atoms with Gasteiger partial charge in [-0.3, -0.25) is 0 Å². The van der Waals surface area contributed by atoms with Crippen molar-refractivity contribution in [2.75, 3.05) is 26.3 Å². The summed E-state index contributed by atoms with van der Waals surface area (Å²) in [6.45, 7) is 5.86. The van der Waals surface area contributed by atoms with Gasteiger partial charge in [0.15, 0.2) is 0 Å². The smallest absolute Gasteiger partial charge is 0.410 e. The Hall–Kier alpha value is -2.24. The molecule has 1 saturated heterocycles. The summed E-state index contributed by atoms with van der Waals surface area (Å²) >= 11 is 0. The molecule has 1 fully saturated rings. The molecule has 1 aromatic carbocycles. The van der Waals surface area contributed by atoms with E-state index in [1.165, 1.54) is 0 Å². The molecule has 0 N–H and O–H groups in total. The monoisotopic (exact) mass is 318 g/mol. The first-order chi connectivity index (χ1) is 11.1. The van der Waals surface area contributed by atoms with E-state index in [0.29, 0.717) is 26.3 Å². The van der Waals surface area contributed by atoms with Crippen LogP contribution in [0.5, 0.6) is 0 Å². The highest BCUT2D eigenvalue weighted by molar-refractivity contribution is 5.68. The molecule has 1 aliphatic heterocycles. The number of ether oxygens (including phenoxy) is 2. The lowest BCUT2D eigenvalue weighted by atomic mass is 9.85. The van der Waals surface area contributed by atoms with E-state index in [9.17, 15) is 4.79 Å². The van der Waals surface area contributed by atoms with Crippen LogP contribution in [-0.4, -0.2) is 43.3 Å². The molecule has 2 rings (SSSR count). The van der Waals surface area contributed by atoms with Gasteiger partial charge in [-0.05, 0) is 24.9 Å². The van der Waals surface area contributed by atoms with Crippen LogP contribution in [0.15, 0.2) is 35.4 Å². The highest BCUT2D eigenvalue weighted by Gasteiger charge is 2.41. The van der Waals surface area contributed by atoms with E-state index in [1.54, 1.807) is 4.90 Å². The summed E-state index contributed by atoms with van der Waals surface area (Å²) in [6.07, 6.45) is -0.365. The van der Waals surface area contributed by atoms with Crippen molar-refractivity contribution in [3.05, 3.63) is 46.3 Å². The molecular weight excluding hydrogens is 296 g/mol. The lowest BCUT2D eigenvalue weighted by molar-refractivity contribution is -0.120. The van der Waals surface area contributed by atoms with Crippen molar-refractivity contribution in [2.45, 2.75) is 26.5 Å². The topological polar surface area (TPSA) is 87.5 Å². The van der Waals surface area contributed by atoms with Crippen LogP contribution in [0, 0.1) is 5.41 Å². The Kier molecular flexibility index (Phi) is 5.84. The Bertz CT molecular complexity index is 566. The van der Waals surface area contributed by atoms with Crippen LogP contribution < -0.4 is 0 Å². The van der Waals surface area contributed by atoms with Crippen LogP contribution in [0.2, 0.25) is 0 Å². The van der Waals surface area contributed by atoms with Crippen LogP contribution in [-0.2, 0) is 16.1 Å². The number of hydrogen-bond donors (Lipinski definition) is 0. The van der Waals surface area contributed by atoms with Gasteiger partial charge in [-0.2, -0.15) is 0 Å². The first-order valence-electron chi connectivity index (χ1n) is 7.62. The zero-order chi connectivity index (χ0) is 16.7. The molecule has 23 heavy (non-hydrogen) atoms. The number of azide groups is 1. The van der Waals surface area contributed by atoms with Crippen molar-refractivity contribution in [3.63, 3.8) is 0 Å². The van der Waals surface area contributed by atoms with Gasteiger partial charge >= 0.3 is 6.09 Å². The molecule has 0 aliphatic carbocycles. The predicted molar refractivity (Wildman–Crippen MR) is 85.7 cm³/mol. The fourth-order valence-electron chi connectivity index (χ4n) is 2.43. The predicted octanol–water partition coefficient (Wildman–Crippen LogP) is 3.36. The molecular formula is C16H22N4O3. The molecule has 0 spiro atoms. The minimum atomic E-state index is -0.365. The summed E-state index contributed by atoms with van der Waals surface area (Å²) in [7, 11) is 0. The number of carbonyl (C=O) groups is 1. The first-order valence-corrected chi connectivity index (χ1v) is 7.62. The van der Waals surface area contributed by atoms with Crippen molar-refractivity contribution in [1.29, 1.82) is 0 Å². The summed E-state index contributed by atoms with van der Waals surface area (Å²) in [5.41, 5.74) is 9.17. The second-order valence-electron chi connectivity index (χ2n) is 6.14. The Morgan fingerprint density at radius 3 is 2.65 bits per heavy atom. The third kappa shape index (κ3) is 4.61. The van der Waals surface area contributed by atoms with E-state index in [1.807, 2.05) is 44.2 Å². The minimum absolute atomic E-state index is 0.0122. The largest absolute Gasteiger partial charge is 0.445 e. The normalized spacial score (nSPS) is 15.4. The van der Waals surface area contributed by atoms with Gasteiger partial charge in [0.1, 0.15) is 6.61 Å². The van der Waals surface area contributed by atoms with E-state index in [-0.39, 0.29) is 24.2 Å². The van der Waals surface area contributed by atoms with Gasteiger partial charge < -0.3 is 14.4 Å².